The normalized spacial score (nSPS) is 11.2. The van der Waals surface area contributed by atoms with E-state index in [1.54, 1.807) is 0 Å². The van der Waals surface area contributed by atoms with Crippen molar-refractivity contribution in [1.82, 2.24) is 5.32 Å². The number of amides is 1. The van der Waals surface area contributed by atoms with Crippen molar-refractivity contribution in [3.8, 4) is 0 Å². The third-order valence-corrected chi connectivity index (χ3v) is 1.34. The van der Waals surface area contributed by atoms with Crippen molar-refractivity contribution in [2.45, 2.75) is 0 Å². The van der Waals surface area contributed by atoms with Gasteiger partial charge < -0.3 is 20.7 Å². The number of carbonyl (C=O) groups excluding carboxylic acids is 1. The van der Waals surface area contributed by atoms with Crippen molar-refractivity contribution < 1.29 is 14.4 Å². The molecule has 0 aliphatic carbocycles. The van der Waals surface area contributed by atoms with Crippen molar-refractivity contribution in [1.29, 1.82) is 0 Å². The quantitative estimate of drug-likeness (QED) is 0.260. The lowest BCUT2D eigenvalue weighted by Crippen LogP contribution is -2.33. The zero-order valence-electron chi connectivity index (χ0n) is 6.73. The van der Waals surface area contributed by atoms with Gasteiger partial charge in [0.25, 0.3) is 5.91 Å². The van der Waals surface area contributed by atoms with E-state index >= 15 is 0 Å². The van der Waals surface area contributed by atoms with E-state index in [1.807, 2.05) is 0 Å². The first-order valence-corrected chi connectivity index (χ1v) is 3.51. The number of amidine groups is 1. The topological polar surface area (TPSA) is 101 Å². The van der Waals surface area contributed by atoms with Gasteiger partial charge in [0.15, 0.2) is 5.84 Å². The van der Waals surface area contributed by atoms with Gasteiger partial charge in [0.05, 0.1) is 18.4 Å². The van der Waals surface area contributed by atoms with E-state index in [0.717, 1.165) is 0 Å². The van der Waals surface area contributed by atoms with Crippen LogP contribution in [0.25, 0.3) is 0 Å². The Kier molecular flexibility index (Phi) is 2.91. The van der Waals surface area contributed by atoms with Crippen molar-refractivity contribution in [2.75, 3.05) is 6.54 Å². The second-order valence-electron chi connectivity index (χ2n) is 2.29. The zero-order valence-corrected chi connectivity index (χ0v) is 6.73. The maximum Gasteiger partial charge on any atom is 0.254 e. The SMILES string of the molecule is N/C(CNC(=O)c1ccoc1)=N\O. The Morgan fingerprint density at radius 3 is 3.08 bits per heavy atom. The van der Waals surface area contributed by atoms with Crippen LogP contribution in [0.15, 0.2) is 28.2 Å². The fraction of sp³-hybridized carbons (Fsp3) is 0.143. The average molecular weight is 183 g/mol. The Morgan fingerprint density at radius 2 is 2.54 bits per heavy atom. The molecule has 4 N–H and O–H groups in total. The molecule has 0 saturated carbocycles. The van der Waals surface area contributed by atoms with Gasteiger partial charge >= 0.3 is 0 Å². The molecule has 0 aliphatic heterocycles. The number of hydrogen-bond donors (Lipinski definition) is 3. The highest BCUT2D eigenvalue weighted by Gasteiger charge is 2.05. The van der Waals surface area contributed by atoms with Crippen LogP contribution < -0.4 is 11.1 Å². The first-order chi connectivity index (χ1) is 6.24. The molecule has 1 aromatic heterocycles. The number of furan rings is 1. The second kappa shape index (κ2) is 4.15. The lowest BCUT2D eigenvalue weighted by molar-refractivity contribution is 0.0958. The Bertz CT molecular complexity index is 305. The van der Waals surface area contributed by atoms with Gasteiger partial charge in [-0.15, -0.1) is 0 Å². The number of hydrogen-bond acceptors (Lipinski definition) is 4. The van der Waals surface area contributed by atoms with Crippen LogP contribution in [0.3, 0.4) is 0 Å². The molecule has 13 heavy (non-hydrogen) atoms. The summed E-state index contributed by atoms with van der Waals surface area (Å²) in [5, 5.41) is 13.3. The van der Waals surface area contributed by atoms with Crippen LogP contribution in [0, 0.1) is 0 Å². The lowest BCUT2D eigenvalue weighted by Gasteiger charge is -2.00. The number of carbonyl (C=O) groups is 1. The summed E-state index contributed by atoms with van der Waals surface area (Å²) in [6.07, 6.45) is 2.69. The smallest absolute Gasteiger partial charge is 0.254 e. The molecular weight excluding hydrogens is 174 g/mol. The maximum absolute atomic E-state index is 11.2. The van der Waals surface area contributed by atoms with Gasteiger partial charge in [0.2, 0.25) is 0 Å². The minimum atomic E-state index is -0.333. The fourth-order valence-electron chi connectivity index (χ4n) is 0.702. The standard InChI is InChI=1S/C7H9N3O3/c8-6(10-12)3-9-7(11)5-1-2-13-4-5/h1-2,4,12H,3H2,(H2,8,10)(H,9,11). The predicted octanol–water partition coefficient (Wildman–Crippen LogP) is -0.244. The molecule has 0 spiro atoms. The lowest BCUT2D eigenvalue weighted by atomic mass is 10.3. The molecule has 0 unspecified atom stereocenters. The number of nitrogens with two attached hydrogens (primary N) is 1. The van der Waals surface area contributed by atoms with E-state index in [2.05, 4.69) is 10.5 Å². The first kappa shape index (κ1) is 9.11. The fourth-order valence-corrected chi connectivity index (χ4v) is 0.702. The number of oxime groups is 1. The van der Waals surface area contributed by atoms with Gasteiger partial charge in [-0.2, -0.15) is 0 Å². The molecule has 0 bridgehead atoms. The highest BCUT2D eigenvalue weighted by molar-refractivity contribution is 5.96. The third kappa shape index (κ3) is 2.51. The Morgan fingerprint density at radius 1 is 1.77 bits per heavy atom. The van der Waals surface area contributed by atoms with E-state index in [-0.39, 0.29) is 18.3 Å². The Hall–Kier alpha value is -1.98. The summed E-state index contributed by atoms with van der Waals surface area (Å²) >= 11 is 0. The summed E-state index contributed by atoms with van der Waals surface area (Å²) in [6.45, 7) is 0.000509. The molecule has 0 atom stereocenters. The Labute approximate surface area is 74.0 Å². The molecule has 1 amide bonds. The third-order valence-electron chi connectivity index (χ3n) is 1.34. The van der Waals surface area contributed by atoms with Crippen LogP contribution in [0.2, 0.25) is 0 Å². The van der Waals surface area contributed by atoms with Crippen molar-refractivity contribution in [3.63, 3.8) is 0 Å². The van der Waals surface area contributed by atoms with Crippen LogP contribution in [-0.2, 0) is 0 Å². The minimum absolute atomic E-state index is 0.000509. The van der Waals surface area contributed by atoms with Crippen LogP contribution >= 0.6 is 0 Å². The largest absolute Gasteiger partial charge is 0.472 e. The van der Waals surface area contributed by atoms with Crippen molar-refractivity contribution >= 4 is 11.7 Å². The molecule has 1 rings (SSSR count). The van der Waals surface area contributed by atoms with Crippen molar-refractivity contribution in [2.24, 2.45) is 10.9 Å². The van der Waals surface area contributed by atoms with Gasteiger partial charge in [-0.1, -0.05) is 5.16 Å². The van der Waals surface area contributed by atoms with Crippen LogP contribution in [0.4, 0.5) is 0 Å². The molecule has 6 heteroatoms. The summed E-state index contributed by atoms with van der Waals surface area (Å²) in [7, 11) is 0. The summed E-state index contributed by atoms with van der Waals surface area (Å²) in [6, 6.07) is 1.52. The molecule has 0 saturated heterocycles. The second-order valence-corrected chi connectivity index (χ2v) is 2.29. The van der Waals surface area contributed by atoms with E-state index in [4.69, 9.17) is 15.4 Å². The highest BCUT2D eigenvalue weighted by Crippen LogP contribution is 1.98. The summed E-state index contributed by atoms with van der Waals surface area (Å²) in [5.74, 6) is -0.391. The van der Waals surface area contributed by atoms with Crippen molar-refractivity contribution in [3.05, 3.63) is 24.2 Å². The minimum Gasteiger partial charge on any atom is -0.472 e. The van der Waals surface area contributed by atoms with Gasteiger partial charge in [-0.05, 0) is 6.07 Å². The summed E-state index contributed by atoms with van der Waals surface area (Å²) in [5.41, 5.74) is 5.53. The molecule has 0 fully saturated rings. The zero-order chi connectivity index (χ0) is 9.68. The molecule has 70 valence electrons. The predicted molar refractivity (Wildman–Crippen MR) is 44.5 cm³/mol. The molecule has 1 aromatic rings. The molecular formula is C7H9N3O3. The van der Waals surface area contributed by atoms with Crippen LogP contribution in [0.1, 0.15) is 10.4 Å². The number of nitrogens with zero attached hydrogens (tertiary/aromatic N) is 1. The van der Waals surface area contributed by atoms with Gasteiger partial charge in [0, 0.05) is 0 Å². The van der Waals surface area contributed by atoms with Gasteiger partial charge in [-0.3, -0.25) is 4.79 Å². The number of rotatable bonds is 3. The highest BCUT2D eigenvalue weighted by atomic mass is 16.4. The van der Waals surface area contributed by atoms with E-state index < -0.39 is 0 Å². The molecule has 6 nitrogen and oxygen atoms in total. The monoisotopic (exact) mass is 183 g/mol. The first-order valence-electron chi connectivity index (χ1n) is 3.51. The van der Waals surface area contributed by atoms with E-state index in [9.17, 15) is 4.79 Å². The molecule has 0 aromatic carbocycles. The van der Waals surface area contributed by atoms with Gasteiger partial charge in [-0.25, -0.2) is 0 Å². The summed E-state index contributed by atoms with van der Waals surface area (Å²) in [4.78, 5) is 11.2. The van der Waals surface area contributed by atoms with E-state index in [0.29, 0.717) is 5.56 Å². The van der Waals surface area contributed by atoms with Gasteiger partial charge in [0.1, 0.15) is 6.26 Å². The van der Waals surface area contributed by atoms with Crippen LogP contribution in [-0.4, -0.2) is 23.5 Å². The Balaban J connectivity index is 2.44. The van der Waals surface area contributed by atoms with E-state index in [1.165, 1.54) is 18.6 Å². The summed E-state index contributed by atoms with van der Waals surface area (Å²) < 4.78 is 4.70. The molecule has 0 radical (unpaired) electrons. The average Bonchev–Trinajstić information content (AvgIpc) is 2.66. The molecule has 1 heterocycles. The molecule has 0 aliphatic rings. The number of nitrogens with one attached hydrogen (secondary N) is 1. The maximum atomic E-state index is 11.2. The van der Waals surface area contributed by atoms with Crippen LogP contribution in [0.5, 0.6) is 0 Å².